The lowest BCUT2D eigenvalue weighted by Crippen LogP contribution is -2.04. The van der Waals surface area contributed by atoms with Gasteiger partial charge in [-0.2, -0.15) is 0 Å². The van der Waals surface area contributed by atoms with Crippen LogP contribution < -0.4 is 10.1 Å². The molecule has 0 amide bonds. The molecule has 1 aromatic carbocycles. The van der Waals surface area contributed by atoms with Crippen LogP contribution in [0.2, 0.25) is 0 Å². The van der Waals surface area contributed by atoms with E-state index in [0.717, 1.165) is 51.9 Å². The molecule has 116 valence electrons. The topological polar surface area (TPSA) is 64.9 Å². The number of anilines is 1. The van der Waals surface area contributed by atoms with Crippen LogP contribution in [0.4, 0.5) is 5.82 Å². The number of nitrogens with one attached hydrogen (secondary N) is 1. The number of benzene rings is 1. The van der Waals surface area contributed by atoms with Gasteiger partial charge in [0, 0.05) is 29.2 Å². The molecule has 2 aromatic heterocycles. The van der Waals surface area contributed by atoms with Gasteiger partial charge in [-0.3, -0.25) is 4.57 Å². The van der Waals surface area contributed by atoms with E-state index >= 15 is 0 Å². The first kappa shape index (κ1) is 14.2. The molecule has 6 nitrogen and oxygen atoms in total. The Labute approximate surface area is 141 Å². The van der Waals surface area contributed by atoms with E-state index in [0.29, 0.717) is 0 Å². The van der Waals surface area contributed by atoms with Crippen molar-refractivity contribution < 1.29 is 4.74 Å². The number of halogens is 1. The average molecular weight is 372 g/mol. The quantitative estimate of drug-likeness (QED) is 0.749. The van der Waals surface area contributed by atoms with Gasteiger partial charge in [0.25, 0.3) is 0 Å². The van der Waals surface area contributed by atoms with Crippen LogP contribution in [0, 0.1) is 0 Å². The summed E-state index contributed by atoms with van der Waals surface area (Å²) >= 11 is 3.49. The second-order valence-corrected chi connectivity index (χ2v) is 6.12. The van der Waals surface area contributed by atoms with Gasteiger partial charge in [0.2, 0.25) is 0 Å². The Morgan fingerprint density at radius 2 is 2.04 bits per heavy atom. The minimum absolute atomic E-state index is 0.780. The zero-order valence-corrected chi connectivity index (χ0v) is 14.0. The Hall–Kier alpha value is -2.41. The molecule has 0 spiro atoms. The van der Waals surface area contributed by atoms with Crippen LogP contribution in [0.15, 0.2) is 41.0 Å². The van der Waals surface area contributed by atoms with Gasteiger partial charge in [-0.15, -0.1) is 10.2 Å². The standard InChI is InChI=1S/C16H14BrN5O/c1-23-12-4-2-10(3-5-12)16-21-20-14-6-7-18-15-13(22(14)16)8-11(17)9-19-15/h2-5,8-9H,6-7H2,1H3,(H,18,19). The number of nitrogens with zero attached hydrogens (tertiary/aromatic N) is 4. The molecule has 0 saturated carbocycles. The zero-order chi connectivity index (χ0) is 15.8. The molecule has 23 heavy (non-hydrogen) atoms. The number of fused-ring (bicyclic) bond motifs is 3. The largest absolute Gasteiger partial charge is 0.497 e. The van der Waals surface area contributed by atoms with Gasteiger partial charge < -0.3 is 10.1 Å². The van der Waals surface area contributed by atoms with Gasteiger partial charge in [-0.1, -0.05) is 0 Å². The summed E-state index contributed by atoms with van der Waals surface area (Å²) in [5, 5.41) is 12.1. The molecule has 1 N–H and O–H groups in total. The molecular formula is C16H14BrN5O. The van der Waals surface area contributed by atoms with Crippen molar-refractivity contribution in [2.75, 3.05) is 19.0 Å². The fourth-order valence-electron chi connectivity index (χ4n) is 2.69. The third-order valence-electron chi connectivity index (χ3n) is 3.79. The summed E-state index contributed by atoms with van der Waals surface area (Å²) in [5.41, 5.74) is 1.93. The van der Waals surface area contributed by atoms with Gasteiger partial charge in [-0.25, -0.2) is 4.98 Å². The Balaban J connectivity index is 1.91. The Kier molecular flexibility index (Phi) is 3.49. The van der Waals surface area contributed by atoms with Crippen molar-refractivity contribution in [1.29, 1.82) is 0 Å². The van der Waals surface area contributed by atoms with Gasteiger partial charge in [0.1, 0.15) is 17.4 Å². The summed E-state index contributed by atoms with van der Waals surface area (Å²) in [7, 11) is 1.66. The maximum absolute atomic E-state index is 5.22. The molecule has 4 rings (SSSR count). The molecule has 0 saturated heterocycles. The molecule has 1 aliphatic heterocycles. The highest BCUT2D eigenvalue weighted by Gasteiger charge is 2.21. The van der Waals surface area contributed by atoms with E-state index in [9.17, 15) is 0 Å². The van der Waals surface area contributed by atoms with Crippen LogP contribution in [0.5, 0.6) is 5.75 Å². The number of hydrogen-bond donors (Lipinski definition) is 1. The summed E-state index contributed by atoms with van der Waals surface area (Å²) in [5.74, 6) is 3.37. The van der Waals surface area contributed by atoms with Crippen LogP contribution in [0.1, 0.15) is 5.82 Å². The van der Waals surface area contributed by atoms with Crippen molar-refractivity contribution in [1.82, 2.24) is 19.7 Å². The molecule has 0 radical (unpaired) electrons. The number of pyridine rings is 1. The molecule has 0 unspecified atom stereocenters. The molecule has 0 aliphatic carbocycles. The Morgan fingerprint density at radius 3 is 2.83 bits per heavy atom. The van der Waals surface area contributed by atoms with Crippen molar-refractivity contribution in [3.05, 3.63) is 46.8 Å². The van der Waals surface area contributed by atoms with Crippen molar-refractivity contribution in [3.63, 3.8) is 0 Å². The first-order valence-corrected chi connectivity index (χ1v) is 8.04. The van der Waals surface area contributed by atoms with Gasteiger partial charge in [0.05, 0.1) is 12.8 Å². The van der Waals surface area contributed by atoms with Crippen LogP contribution >= 0.6 is 15.9 Å². The van der Waals surface area contributed by atoms with E-state index in [1.165, 1.54) is 0 Å². The van der Waals surface area contributed by atoms with E-state index in [-0.39, 0.29) is 0 Å². The normalized spacial score (nSPS) is 12.8. The number of methoxy groups -OCH3 is 1. The van der Waals surface area contributed by atoms with Gasteiger partial charge in [-0.05, 0) is 46.3 Å². The molecule has 1 aliphatic rings. The van der Waals surface area contributed by atoms with Crippen molar-refractivity contribution in [2.45, 2.75) is 6.42 Å². The minimum Gasteiger partial charge on any atom is -0.497 e. The fourth-order valence-corrected chi connectivity index (χ4v) is 3.01. The van der Waals surface area contributed by atoms with Crippen LogP contribution in [0.25, 0.3) is 17.1 Å². The minimum atomic E-state index is 0.780. The van der Waals surface area contributed by atoms with Crippen molar-refractivity contribution >= 4 is 21.7 Å². The molecule has 0 fully saturated rings. The van der Waals surface area contributed by atoms with Crippen LogP contribution in [0.3, 0.4) is 0 Å². The molecule has 7 heteroatoms. The van der Waals surface area contributed by atoms with E-state index in [1.54, 1.807) is 13.3 Å². The first-order chi connectivity index (χ1) is 11.3. The lowest BCUT2D eigenvalue weighted by molar-refractivity contribution is 0.415. The molecular weight excluding hydrogens is 358 g/mol. The number of rotatable bonds is 2. The van der Waals surface area contributed by atoms with E-state index in [4.69, 9.17) is 4.74 Å². The highest BCUT2D eigenvalue weighted by molar-refractivity contribution is 9.10. The average Bonchev–Trinajstić information content (AvgIpc) is 2.92. The smallest absolute Gasteiger partial charge is 0.168 e. The third kappa shape index (κ3) is 2.46. The van der Waals surface area contributed by atoms with E-state index in [1.807, 2.05) is 30.3 Å². The third-order valence-corrected chi connectivity index (χ3v) is 4.23. The maximum atomic E-state index is 5.22. The summed E-state index contributed by atoms with van der Waals surface area (Å²) in [6.07, 6.45) is 2.57. The summed E-state index contributed by atoms with van der Waals surface area (Å²) < 4.78 is 8.20. The highest BCUT2D eigenvalue weighted by atomic mass is 79.9. The molecule has 3 heterocycles. The Morgan fingerprint density at radius 1 is 1.22 bits per heavy atom. The van der Waals surface area contributed by atoms with Crippen LogP contribution in [-0.4, -0.2) is 33.4 Å². The summed E-state index contributed by atoms with van der Waals surface area (Å²) in [6, 6.07) is 9.84. The lowest BCUT2D eigenvalue weighted by Gasteiger charge is -2.11. The summed E-state index contributed by atoms with van der Waals surface area (Å²) in [6.45, 7) is 0.780. The molecule has 3 aromatic rings. The van der Waals surface area contributed by atoms with Crippen LogP contribution in [-0.2, 0) is 6.42 Å². The second-order valence-electron chi connectivity index (χ2n) is 5.20. The second kappa shape index (κ2) is 5.66. The monoisotopic (exact) mass is 371 g/mol. The predicted octanol–water partition coefficient (Wildman–Crippen LogP) is 3.07. The van der Waals surface area contributed by atoms with E-state index in [2.05, 4.69) is 41.0 Å². The Bertz CT molecular complexity index is 859. The first-order valence-electron chi connectivity index (χ1n) is 7.25. The number of aromatic nitrogens is 4. The van der Waals surface area contributed by atoms with Crippen molar-refractivity contribution in [3.8, 4) is 22.8 Å². The zero-order valence-electron chi connectivity index (χ0n) is 12.5. The fraction of sp³-hybridized carbons (Fsp3) is 0.188. The highest BCUT2D eigenvalue weighted by Crippen LogP contribution is 2.31. The molecule has 0 bridgehead atoms. The lowest BCUT2D eigenvalue weighted by atomic mass is 10.2. The van der Waals surface area contributed by atoms with Gasteiger partial charge in [0.15, 0.2) is 5.82 Å². The number of ether oxygens (including phenoxy) is 1. The summed E-state index contributed by atoms with van der Waals surface area (Å²) in [4.78, 5) is 4.47. The van der Waals surface area contributed by atoms with Gasteiger partial charge >= 0.3 is 0 Å². The molecule has 0 atom stereocenters. The SMILES string of the molecule is COc1ccc(-c2nnc3n2-c2cc(Br)cnc2NCC3)cc1. The predicted molar refractivity (Wildman–Crippen MR) is 91.0 cm³/mol. The van der Waals surface area contributed by atoms with E-state index < -0.39 is 0 Å². The maximum Gasteiger partial charge on any atom is 0.168 e. The number of hydrogen-bond acceptors (Lipinski definition) is 5. The van der Waals surface area contributed by atoms with Crippen molar-refractivity contribution in [2.24, 2.45) is 0 Å².